The molecule has 0 amide bonds. The fourth-order valence-electron chi connectivity index (χ4n) is 11.3. The molecule has 68 heavy (non-hydrogen) atoms. The lowest BCUT2D eigenvalue weighted by molar-refractivity contribution is 0.593. The minimum absolute atomic E-state index is 0.163. The molecule has 2 heteroatoms. The maximum Gasteiger partial charge on any atom is 0.0540 e. The maximum absolute atomic E-state index is 2.55. The predicted molar refractivity (Wildman–Crippen MR) is 293 cm³/mol. The minimum Gasteiger partial charge on any atom is -0.314 e. The topological polar surface area (TPSA) is 9.86 Å². The molecule has 2 heterocycles. The summed E-state index contributed by atoms with van der Waals surface area (Å²) in [5.74, 6) is 0. The lowest BCUT2D eigenvalue weighted by Gasteiger charge is -2.31. The lowest BCUT2D eigenvalue weighted by Crippen LogP contribution is -2.18. The van der Waals surface area contributed by atoms with Gasteiger partial charge in [0.1, 0.15) is 0 Å². The van der Waals surface area contributed by atoms with Crippen LogP contribution in [0.3, 0.4) is 0 Å². The first-order valence-electron chi connectivity index (χ1n) is 24.3. The van der Waals surface area contributed by atoms with Crippen molar-refractivity contribution in [2.75, 3.05) is 0 Å². The molecule has 11 aromatic rings. The first kappa shape index (κ1) is 43.2. The Bertz CT molecular complexity index is 3370. The molecule has 0 atom stereocenters. The van der Waals surface area contributed by atoms with Crippen molar-refractivity contribution in [1.82, 2.24) is 9.13 Å². The number of hydrogen-bond acceptors (Lipinski definition) is 0. The molecule has 2 nitrogen and oxygen atoms in total. The number of fused-ring (bicyclic) bond motifs is 4. The van der Waals surface area contributed by atoms with Gasteiger partial charge in [-0.3, -0.25) is 0 Å². The zero-order valence-corrected chi connectivity index (χ0v) is 41.2. The van der Waals surface area contributed by atoms with Crippen LogP contribution in [-0.4, -0.2) is 9.13 Å². The van der Waals surface area contributed by atoms with Crippen molar-refractivity contribution in [3.8, 4) is 55.9 Å². The third kappa shape index (κ3) is 7.17. The van der Waals surface area contributed by atoms with Crippen LogP contribution in [-0.2, 0) is 10.8 Å². The molecule has 0 spiro atoms. The Kier molecular flexibility index (Phi) is 10.2. The molecule has 0 unspecified atom stereocenters. The quantitative estimate of drug-likeness (QED) is 0.147. The highest BCUT2D eigenvalue weighted by molar-refractivity contribution is 6.15. The third-order valence-electron chi connectivity index (χ3n) is 14.7. The summed E-state index contributed by atoms with van der Waals surface area (Å²) in [4.78, 5) is 0. The second-order valence-electron chi connectivity index (χ2n) is 21.2. The molecule has 334 valence electrons. The third-order valence-corrected chi connectivity index (χ3v) is 14.7. The van der Waals surface area contributed by atoms with Crippen molar-refractivity contribution in [1.29, 1.82) is 0 Å². The molecular weight excluding hydrogens is 821 g/mol. The smallest absolute Gasteiger partial charge is 0.0540 e. The van der Waals surface area contributed by atoms with Gasteiger partial charge >= 0.3 is 0 Å². The SMILES string of the molecule is Cc1c(C)n(-c2cc(-c3ccccc3)cc(-c3ccccc3)c2)c2cc3c(C(C)(C)C)c4cc5c(C)c(C)n(-c6cc(-c7ccccc7)cc(-c7ccccc7)c6)c5cc4c(C(C)(C)C)c3cc12. The van der Waals surface area contributed by atoms with Gasteiger partial charge in [-0.05, 0) is 187 Å². The molecule has 0 saturated carbocycles. The van der Waals surface area contributed by atoms with E-state index in [4.69, 9.17) is 0 Å². The summed E-state index contributed by atoms with van der Waals surface area (Å²) in [6, 6.07) is 67.7. The average Bonchev–Trinajstić information content (AvgIpc) is 3.73. The monoisotopic (exact) mass is 880 g/mol. The predicted octanol–water partition coefficient (Wildman–Crippen LogP) is 18.4. The van der Waals surface area contributed by atoms with Crippen LogP contribution < -0.4 is 0 Å². The molecule has 0 radical (unpaired) electrons. The fraction of sp³-hybridized carbons (Fsp3) is 0.182. The summed E-state index contributed by atoms with van der Waals surface area (Å²) in [6.45, 7) is 23.7. The average molecular weight is 881 g/mol. The number of rotatable bonds is 6. The van der Waals surface area contributed by atoms with Crippen LogP contribution >= 0.6 is 0 Å². The Hall–Kier alpha value is -7.42. The molecular formula is C66H60N2. The van der Waals surface area contributed by atoms with E-state index in [1.165, 1.54) is 133 Å². The van der Waals surface area contributed by atoms with E-state index in [-0.39, 0.29) is 10.8 Å². The Morgan fingerprint density at radius 3 is 0.809 bits per heavy atom. The summed E-state index contributed by atoms with van der Waals surface area (Å²) in [6.07, 6.45) is 0. The summed E-state index contributed by atoms with van der Waals surface area (Å²) < 4.78 is 5.06. The molecule has 0 aliphatic carbocycles. The Morgan fingerprint density at radius 2 is 0.544 bits per heavy atom. The molecule has 9 aromatic carbocycles. The van der Waals surface area contributed by atoms with Crippen LogP contribution in [0, 0.1) is 27.7 Å². The normalized spacial score (nSPS) is 12.3. The van der Waals surface area contributed by atoms with E-state index < -0.39 is 0 Å². The molecule has 0 saturated heterocycles. The van der Waals surface area contributed by atoms with Crippen LogP contribution in [0.15, 0.2) is 182 Å². The number of aryl methyl sites for hydroxylation is 2. The van der Waals surface area contributed by atoms with Gasteiger partial charge in [0.15, 0.2) is 0 Å². The van der Waals surface area contributed by atoms with E-state index in [0.29, 0.717) is 0 Å². The fourth-order valence-corrected chi connectivity index (χ4v) is 11.3. The van der Waals surface area contributed by atoms with Gasteiger partial charge in [0.25, 0.3) is 0 Å². The van der Waals surface area contributed by atoms with Gasteiger partial charge < -0.3 is 9.13 Å². The maximum atomic E-state index is 2.55. The van der Waals surface area contributed by atoms with E-state index in [0.717, 1.165) is 0 Å². The van der Waals surface area contributed by atoms with Gasteiger partial charge in [0.2, 0.25) is 0 Å². The highest BCUT2D eigenvalue weighted by Crippen LogP contribution is 2.48. The summed E-state index contributed by atoms with van der Waals surface area (Å²) in [5.41, 5.74) is 22.2. The van der Waals surface area contributed by atoms with Crippen molar-refractivity contribution >= 4 is 43.4 Å². The Morgan fingerprint density at radius 1 is 0.279 bits per heavy atom. The minimum atomic E-state index is -0.163. The first-order chi connectivity index (χ1) is 32.7. The molecule has 0 N–H and O–H groups in total. The van der Waals surface area contributed by atoms with Crippen molar-refractivity contribution < 1.29 is 0 Å². The van der Waals surface area contributed by atoms with E-state index >= 15 is 0 Å². The zero-order valence-electron chi connectivity index (χ0n) is 41.2. The Labute approximate surface area is 402 Å². The lowest BCUT2D eigenvalue weighted by atomic mass is 9.73. The second-order valence-corrected chi connectivity index (χ2v) is 21.2. The number of aromatic nitrogens is 2. The van der Waals surface area contributed by atoms with Crippen molar-refractivity contribution in [2.45, 2.75) is 80.1 Å². The molecule has 0 fully saturated rings. The summed E-state index contributed by atoms with van der Waals surface area (Å²) >= 11 is 0. The zero-order chi connectivity index (χ0) is 47.2. The summed E-state index contributed by atoms with van der Waals surface area (Å²) in [5, 5.41) is 7.95. The van der Waals surface area contributed by atoms with E-state index in [1.54, 1.807) is 0 Å². The van der Waals surface area contributed by atoms with Crippen LogP contribution in [0.2, 0.25) is 0 Å². The van der Waals surface area contributed by atoms with Crippen LogP contribution in [0.1, 0.15) is 75.2 Å². The van der Waals surface area contributed by atoms with Gasteiger partial charge in [0.05, 0.1) is 11.0 Å². The van der Waals surface area contributed by atoms with E-state index in [2.05, 4.69) is 260 Å². The van der Waals surface area contributed by atoms with Crippen molar-refractivity contribution in [3.63, 3.8) is 0 Å². The van der Waals surface area contributed by atoms with Crippen LogP contribution in [0.4, 0.5) is 0 Å². The van der Waals surface area contributed by atoms with Gasteiger partial charge in [-0.25, -0.2) is 0 Å². The Balaban J connectivity index is 1.22. The van der Waals surface area contributed by atoms with E-state index in [1.807, 2.05) is 0 Å². The second kappa shape index (κ2) is 16.1. The molecule has 2 aromatic heterocycles. The molecule has 0 aliphatic rings. The number of benzene rings is 9. The van der Waals surface area contributed by atoms with Gasteiger partial charge in [-0.1, -0.05) is 163 Å². The highest BCUT2D eigenvalue weighted by atomic mass is 15.0. The van der Waals surface area contributed by atoms with Crippen LogP contribution in [0.25, 0.3) is 99.2 Å². The standard InChI is InChI=1S/C66H60N2/c1-41-43(3)67(53-33-49(45-23-15-11-16-24-45)31-50(34-53)46-25-17-12-18-26-46)61-39-59-57(37-55(41)61)63(65(5,6)7)60-40-62-56(38-58(60)64(59)66(8,9)10)42(2)44(4)68(62)54-35-51(47-27-19-13-20-28-47)32-52(36-54)48-29-21-14-22-30-48/h11-40H,1-10H3. The van der Waals surface area contributed by atoms with Crippen LogP contribution in [0.5, 0.6) is 0 Å². The number of hydrogen-bond donors (Lipinski definition) is 0. The van der Waals surface area contributed by atoms with E-state index in [9.17, 15) is 0 Å². The van der Waals surface area contributed by atoms with Gasteiger partial charge in [-0.15, -0.1) is 0 Å². The van der Waals surface area contributed by atoms with Crippen molar-refractivity contribution in [2.24, 2.45) is 0 Å². The molecule has 0 aliphatic heterocycles. The highest BCUT2D eigenvalue weighted by Gasteiger charge is 2.30. The van der Waals surface area contributed by atoms with Gasteiger partial charge in [0, 0.05) is 33.5 Å². The van der Waals surface area contributed by atoms with Crippen molar-refractivity contribution in [3.05, 3.63) is 216 Å². The molecule has 11 rings (SSSR count). The van der Waals surface area contributed by atoms with Gasteiger partial charge in [-0.2, -0.15) is 0 Å². The number of nitrogens with zero attached hydrogens (tertiary/aromatic N) is 2. The largest absolute Gasteiger partial charge is 0.314 e. The molecule has 0 bridgehead atoms. The summed E-state index contributed by atoms with van der Waals surface area (Å²) in [7, 11) is 0. The first-order valence-corrected chi connectivity index (χ1v) is 24.3.